The fourth-order valence-electron chi connectivity index (χ4n) is 4.26. The highest BCUT2D eigenvalue weighted by Gasteiger charge is 2.29. The number of thiazole rings is 1. The fraction of sp³-hybridized carbons (Fsp3) is 0.364. The Hall–Kier alpha value is -3.00. The van der Waals surface area contributed by atoms with Gasteiger partial charge in [0.2, 0.25) is 0 Å². The first-order valence-corrected chi connectivity index (χ1v) is 10.9. The normalized spacial score (nSPS) is 17.0. The molecule has 1 amide bonds. The van der Waals surface area contributed by atoms with Crippen molar-refractivity contribution in [1.82, 2.24) is 20.0 Å². The number of hydrogen-bond donors (Lipinski definition) is 0. The van der Waals surface area contributed by atoms with Crippen LogP contribution in [-0.4, -0.2) is 39.0 Å². The number of aryl methyl sites for hydroxylation is 3. The molecule has 1 aliphatic heterocycles. The van der Waals surface area contributed by atoms with Crippen LogP contribution >= 0.6 is 11.3 Å². The summed E-state index contributed by atoms with van der Waals surface area (Å²) in [6.45, 7) is 7.02. The van der Waals surface area contributed by atoms with Gasteiger partial charge in [-0.25, -0.2) is 9.97 Å². The number of hydrogen-bond acceptors (Lipinski definition) is 7. The zero-order valence-corrected chi connectivity index (χ0v) is 18.0. The van der Waals surface area contributed by atoms with E-state index < -0.39 is 0 Å². The van der Waals surface area contributed by atoms with Gasteiger partial charge in [-0.1, -0.05) is 5.16 Å². The zero-order chi connectivity index (χ0) is 20.8. The van der Waals surface area contributed by atoms with E-state index >= 15 is 0 Å². The van der Waals surface area contributed by atoms with Crippen molar-refractivity contribution in [3.8, 4) is 11.3 Å². The van der Waals surface area contributed by atoms with E-state index in [9.17, 15) is 4.79 Å². The van der Waals surface area contributed by atoms with E-state index in [-0.39, 0.29) is 11.8 Å². The molecule has 1 unspecified atom stereocenters. The van der Waals surface area contributed by atoms with Gasteiger partial charge in [-0.2, -0.15) is 0 Å². The topological polar surface area (TPSA) is 85.3 Å². The Morgan fingerprint density at radius 1 is 1.27 bits per heavy atom. The van der Waals surface area contributed by atoms with Crippen molar-refractivity contribution >= 4 is 28.3 Å². The monoisotopic (exact) mass is 422 g/mol. The number of pyridine rings is 1. The number of piperidine rings is 1. The molecule has 1 fully saturated rings. The van der Waals surface area contributed by atoms with E-state index in [1.165, 1.54) is 0 Å². The van der Waals surface area contributed by atoms with Crippen LogP contribution in [0.5, 0.6) is 0 Å². The molecule has 7 nitrogen and oxygen atoms in total. The molecule has 154 valence electrons. The molecule has 4 aromatic heterocycles. The number of nitrogens with zero attached hydrogens (tertiary/aromatic N) is 4. The maximum atomic E-state index is 13.6. The van der Waals surface area contributed by atoms with Gasteiger partial charge in [0.05, 0.1) is 27.3 Å². The molecular weight excluding hydrogens is 400 g/mol. The summed E-state index contributed by atoms with van der Waals surface area (Å²) in [5.41, 5.74) is 3.13. The van der Waals surface area contributed by atoms with Crippen molar-refractivity contribution in [2.24, 2.45) is 0 Å². The molecule has 8 heteroatoms. The number of rotatable bonds is 3. The maximum Gasteiger partial charge on any atom is 0.259 e. The van der Waals surface area contributed by atoms with Crippen LogP contribution in [0.2, 0.25) is 0 Å². The molecule has 0 spiro atoms. The summed E-state index contributed by atoms with van der Waals surface area (Å²) >= 11 is 1.65. The molecule has 0 aliphatic carbocycles. The zero-order valence-electron chi connectivity index (χ0n) is 17.1. The third kappa shape index (κ3) is 3.21. The summed E-state index contributed by atoms with van der Waals surface area (Å²) in [5.74, 6) is 1.82. The Morgan fingerprint density at radius 3 is 2.87 bits per heavy atom. The molecule has 1 atom stereocenters. The van der Waals surface area contributed by atoms with Gasteiger partial charge in [0.15, 0.2) is 0 Å². The van der Waals surface area contributed by atoms with Gasteiger partial charge in [0.25, 0.3) is 11.6 Å². The molecule has 30 heavy (non-hydrogen) atoms. The SMILES string of the molecule is Cc1cc(-c2cc(C(=O)N3CCCC(c4nccs4)C3)c3c(C)noc3n2)c(C)o1. The van der Waals surface area contributed by atoms with Crippen LogP contribution in [0.1, 0.15) is 51.3 Å². The van der Waals surface area contributed by atoms with Gasteiger partial charge >= 0.3 is 0 Å². The van der Waals surface area contributed by atoms with Crippen molar-refractivity contribution in [2.45, 2.75) is 39.5 Å². The quantitative estimate of drug-likeness (QED) is 0.468. The molecule has 4 aromatic rings. The van der Waals surface area contributed by atoms with E-state index in [1.807, 2.05) is 49.4 Å². The lowest BCUT2D eigenvalue weighted by atomic mass is 9.97. The van der Waals surface area contributed by atoms with E-state index in [1.54, 1.807) is 11.3 Å². The van der Waals surface area contributed by atoms with Crippen LogP contribution in [0.3, 0.4) is 0 Å². The minimum absolute atomic E-state index is 0.0194. The summed E-state index contributed by atoms with van der Waals surface area (Å²) in [7, 11) is 0. The fourth-order valence-corrected chi connectivity index (χ4v) is 5.02. The average Bonchev–Trinajstić information content (AvgIpc) is 3.48. The van der Waals surface area contributed by atoms with E-state index in [0.717, 1.165) is 41.5 Å². The second kappa shape index (κ2) is 7.36. The Morgan fingerprint density at radius 2 is 2.13 bits per heavy atom. The highest BCUT2D eigenvalue weighted by atomic mass is 32.1. The first-order chi connectivity index (χ1) is 14.5. The lowest BCUT2D eigenvalue weighted by molar-refractivity contribution is 0.0709. The van der Waals surface area contributed by atoms with Crippen LogP contribution < -0.4 is 0 Å². The minimum Gasteiger partial charge on any atom is -0.466 e. The van der Waals surface area contributed by atoms with Crippen molar-refractivity contribution in [3.05, 3.63) is 51.5 Å². The third-order valence-electron chi connectivity index (χ3n) is 5.67. The number of furan rings is 1. The van der Waals surface area contributed by atoms with Crippen LogP contribution in [0.4, 0.5) is 0 Å². The van der Waals surface area contributed by atoms with Crippen LogP contribution in [-0.2, 0) is 0 Å². The van der Waals surface area contributed by atoms with Gasteiger partial charge in [-0.15, -0.1) is 11.3 Å². The Labute approximate surface area is 177 Å². The molecule has 5 heterocycles. The molecule has 0 N–H and O–H groups in total. The standard InChI is InChI=1S/C22H22N4O3S/c1-12-9-16(14(3)28-12)18-10-17(19-13(2)25-29-20(19)24-18)22(27)26-7-4-5-15(11-26)21-23-6-8-30-21/h6,8-10,15H,4-5,7,11H2,1-3H3. The first kappa shape index (κ1) is 19.0. The van der Waals surface area contributed by atoms with Gasteiger partial charge in [0.1, 0.15) is 11.5 Å². The van der Waals surface area contributed by atoms with Crippen LogP contribution in [0.15, 0.2) is 32.6 Å². The number of carbonyl (C=O) groups excluding carboxylic acids is 1. The van der Waals surface area contributed by atoms with E-state index in [4.69, 9.17) is 8.94 Å². The van der Waals surface area contributed by atoms with Gasteiger partial charge in [-0.05, 0) is 45.7 Å². The Kier molecular flexibility index (Phi) is 4.66. The molecule has 0 bridgehead atoms. The van der Waals surface area contributed by atoms with Crippen LogP contribution in [0, 0.1) is 20.8 Å². The second-order valence-electron chi connectivity index (χ2n) is 7.79. The van der Waals surface area contributed by atoms with Crippen LogP contribution in [0.25, 0.3) is 22.4 Å². The summed E-state index contributed by atoms with van der Waals surface area (Å²) in [6, 6.07) is 3.78. The Balaban J connectivity index is 1.56. The average molecular weight is 423 g/mol. The lowest BCUT2D eigenvalue weighted by Gasteiger charge is -2.32. The molecule has 0 saturated carbocycles. The number of carbonyl (C=O) groups is 1. The molecule has 0 aromatic carbocycles. The predicted molar refractivity (Wildman–Crippen MR) is 114 cm³/mol. The van der Waals surface area contributed by atoms with Crippen molar-refractivity contribution < 1.29 is 13.7 Å². The lowest BCUT2D eigenvalue weighted by Crippen LogP contribution is -2.39. The minimum atomic E-state index is -0.0194. The number of fused-ring (bicyclic) bond motifs is 1. The summed E-state index contributed by atoms with van der Waals surface area (Å²) < 4.78 is 11.1. The first-order valence-electron chi connectivity index (χ1n) is 10.0. The predicted octanol–water partition coefficient (Wildman–Crippen LogP) is 4.88. The van der Waals surface area contributed by atoms with Gasteiger partial charge in [0, 0.05) is 36.1 Å². The summed E-state index contributed by atoms with van der Waals surface area (Å²) in [6.07, 6.45) is 3.84. The second-order valence-corrected chi connectivity index (χ2v) is 8.72. The number of amides is 1. The highest BCUT2D eigenvalue weighted by Crippen LogP contribution is 2.33. The molecular formula is C22H22N4O3S. The van der Waals surface area contributed by atoms with Gasteiger partial charge in [-0.3, -0.25) is 4.79 Å². The largest absolute Gasteiger partial charge is 0.466 e. The number of aromatic nitrogens is 3. The Bertz CT molecular complexity index is 1220. The maximum absolute atomic E-state index is 13.6. The van der Waals surface area contributed by atoms with Gasteiger partial charge < -0.3 is 13.8 Å². The summed E-state index contributed by atoms with van der Waals surface area (Å²) in [5, 5.41) is 7.83. The summed E-state index contributed by atoms with van der Waals surface area (Å²) in [4.78, 5) is 24.6. The van der Waals surface area contributed by atoms with Crippen molar-refractivity contribution in [2.75, 3.05) is 13.1 Å². The molecule has 0 radical (unpaired) electrons. The van der Waals surface area contributed by atoms with E-state index in [2.05, 4.69) is 15.1 Å². The van der Waals surface area contributed by atoms with E-state index in [0.29, 0.717) is 34.6 Å². The van der Waals surface area contributed by atoms with Crippen molar-refractivity contribution in [3.63, 3.8) is 0 Å². The van der Waals surface area contributed by atoms with Crippen molar-refractivity contribution in [1.29, 1.82) is 0 Å². The molecule has 1 aliphatic rings. The number of likely N-dealkylation sites (tertiary alicyclic amines) is 1. The third-order valence-corrected chi connectivity index (χ3v) is 6.61. The smallest absolute Gasteiger partial charge is 0.259 e. The highest BCUT2D eigenvalue weighted by molar-refractivity contribution is 7.09. The molecule has 1 saturated heterocycles. The molecule has 5 rings (SSSR count).